The Morgan fingerprint density at radius 3 is 1.59 bits per heavy atom. The van der Waals surface area contributed by atoms with E-state index in [1.807, 2.05) is 0 Å². The maximum Gasteiger partial charge on any atom is 0.0613 e. The fraction of sp³-hybridized carbons (Fsp3) is 0. The number of hydrogen-bond acceptors (Lipinski definition) is 1. The molecule has 0 aliphatic rings. The molecule has 11 rings (SSSR count). The topological polar surface area (TPSA) is 7.65 Å². The molecule has 11 aromatic rings. The largest absolute Gasteiger partial charge is 0.315 e. The highest BCUT2D eigenvalue weighted by molar-refractivity contribution is 6.15. The van der Waals surface area contributed by atoms with Gasteiger partial charge in [-0.3, -0.25) is 0 Å². The average molecular weight is 713 g/mol. The second-order valence-corrected chi connectivity index (χ2v) is 14.6. The van der Waals surface area contributed by atoms with Gasteiger partial charge in [0.25, 0.3) is 0 Å². The minimum Gasteiger partial charge on any atom is -0.315 e. The first-order chi connectivity index (χ1) is 27.8. The number of hydrogen-bond donors (Lipinski definition) is 0. The normalized spacial score (nSPS) is 11.6. The fourth-order valence-corrected chi connectivity index (χ4v) is 8.72. The van der Waals surface area contributed by atoms with Gasteiger partial charge in [0, 0.05) is 39.5 Å². The van der Waals surface area contributed by atoms with Crippen molar-refractivity contribution in [3.05, 3.63) is 219 Å². The number of nitrogens with zero attached hydrogens (tertiary/aromatic N) is 2. The molecule has 0 atom stereocenters. The molecule has 0 unspecified atom stereocenters. The number of pyridine rings is 1. The van der Waals surface area contributed by atoms with Gasteiger partial charge in [-0.2, -0.15) is 0 Å². The van der Waals surface area contributed by atoms with Gasteiger partial charge in [-0.15, -0.1) is 0 Å². The molecule has 0 amide bonds. The van der Waals surface area contributed by atoms with Crippen LogP contribution in [-0.2, 0) is 0 Å². The van der Waals surface area contributed by atoms with Crippen LogP contribution in [0.3, 0.4) is 0 Å². The molecule has 0 saturated heterocycles. The molecule has 0 bridgehead atoms. The third-order valence-electron chi connectivity index (χ3n) is 11.3. The van der Waals surface area contributed by atoms with Gasteiger partial charge in [-0.1, -0.05) is 176 Å². The predicted octanol–water partition coefficient (Wildman–Crippen LogP) is 15.0. The van der Waals surface area contributed by atoms with Gasteiger partial charge in [-0.25, -0.2) is 0 Å². The summed E-state index contributed by atoms with van der Waals surface area (Å²) in [7, 11) is 0. The van der Waals surface area contributed by atoms with Crippen LogP contribution in [0.25, 0.3) is 82.1 Å². The van der Waals surface area contributed by atoms with Crippen molar-refractivity contribution in [1.29, 1.82) is 0 Å². The van der Waals surface area contributed by atoms with Crippen molar-refractivity contribution in [3.63, 3.8) is 0 Å². The number of aromatic nitrogens is 1. The summed E-state index contributed by atoms with van der Waals surface area (Å²) < 4.78 is 2.41. The zero-order valence-electron chi connectivity index (χ0n) is 30.7. The third kappa shape index (κ3) is 5.26. The zero-order chi connectivity index (χ0) is 37.0. The minimum absolute atomic E-state index is 1.10. The minimum atomic E-state index is 1.10. The van der Waals surface area contributed by atoms with Crippen molar-refractivity contribution in [3.8, 4) is 33.4 Å². The Morgan fingerprint density at radius 2 is 0.875 bits per heavy atom. The predicted molar refractivity (Wildman–Crippen MR) is 238 cm³/mol. The van der Waals surface area contributed by atoms with Crippen molar-refractivity contribution < 1.29 is 0 Å². The van der Waals surface area contributed by atoms with E-state index in [0.717, 1.165) is 17.1 Å². The van der Waals surface area contributed by atoms with Crippen molar-refractivity contribution in [2.75, 3.05) is 4.90 Å². The van der Waals surface area contributed by atoms with Crippen molar-refractivity contribution in [2.45, 2.75) is 0 Å². The Labute approximate surface area is 325 Å². The molecule has 0 saturated carbocycles. The maximum absolute atomic E-state index is 2.42. The first kappa shape index (κ1) is 32.0. The van der Waals surface area contributed by atoms with Crippen LogP contribution in [0.1, 0.15) is 0 Å². The summed E-state index contributed by atoms with van der Waals surface area (Å²) in [5.74, 6) is 0. The van der Waals surface area contributed by atoms with Crippen LogP contribution < -0.4 is 4.90 Å². The first-order valence-corrected chi connectivity index (χ1v) is 19.3. The standard InChI is InChI=1S/C54H36N2/c1-3-14-37(15-4-1)38-26-30-44(31-27-38)56(51-35-42-19-9-10-21-46(42)48-22-11-12-23-49(48)51)45-32-28-39(29-33-45)47-24-13-25-50-53(40-16-5-2-6-17-40)52-34-41-18-7-8-20-43(41)36-55(52)54(47)50/h1-36H. The van der Waals surface area contributed by atoms with E-state index in [2.05, 4.69) is 228 Å². The molecule has 0 aliphatic carbocycles. The molecule has 0 spiro atoms. The summed E-state index contributed by atoms with van der Waals surface area (Å²) in [6.07, 6.45) is 2.31. The highest BCUT2D eigenvalue weighted by atomic mass is 15.1. The highest BCUT2D eigenvalue weighted by Crippen LogP contribution is 2.45. The first-order valence-electron chi connectivity index (χ1n) is 19.3. The average Bonchev–Trinajstić information content (AvgIpc) is 3.60. The van der Waals surface area contributed by atoms with Gasteiger partial charge in [0.05, 0.1) is 16.7 Å². The lowest BCUT2D eigenvalue weighted by molar-refractivity contribution is 1.28. The molecule has 0 fully saturated rings. The smallest absolute Gasteiger partial charge is 0.0613 e. The van der Waals surface area contributed by atoms with Crippen LogP contribution in [-0.4, -0.2) is 4.40 Å². The van der Waals surface area contributed by atoms with Crippen LogP contribution >= 0.6 is 0 Å². The van der Waals surface area contributed by atoms with E-state index in [9.17, 15) is 0 Å². The third-order valence-corrected chi connectivity index (χ3v) is 11.3. The van der Waals surface area contributed by atoms with Gasteiger partial charge in [-0.05, 0) is 85.6 Å². The Morgan fingerprint density at radius 1 is 0.339 bits per heavy atom. The van der Waals surface area contributed by atoms with Crippen LogP contribution in [0.2, 0.25) is 0 Å². The fourth-order valence-electron chi connectivity index (χ4n) is 8.72. The van der Waals surface area contributed by atoms with E-state index in [1.54, 1.807) is 0 Å². The zero-order valence-corrected chi connectivity index (χ0v) is 30.7. The molecule has 0 N–H and O–H groups in total. The molecule has 262 valence electrons. The van der Waals surface area contributed by atoms with Crippen molar-refractivity contribution in [2.24, 2.45) is 0 Å². The van der Waals surface area contributed by atoms with E-state index >= 15 is 0 Å². The summed E-state index contributed by atoms with van der Waals surface area (Å²) >= 11 is 0. The van der Waals surface area contributed by atoms with Crippen LogP contribution in [0.4, 0.5) is 17.1 Å². The number of fused-ring (bicyclic) bond motifs is 7. The molecular formula is C54H36N2. The number of anilines is 3. The van der Waals surface area contributed by atoms with Gasteiger partial charge in [0.2, 0.25) is 0 Å². The van der Waals surface area contributed by atoms with Crippen LogP contribution in [0, 0.1) is 0 Å². The van der Waals surface area contributed by atoms with Gasteiger partial charge >= 0.3 is 0 Å². The highest BCUT2D eigenvalue weighted by Gasteiger charge is 2.20. The number of benzene rings is 9. The SMILES string of the molecule is c1ccc(-c2ccc(N(c3ccc(-c4cccc5c(-c6ccccc6)c6cc7ccccc7cn6c45)cc3)c3cc4ccccc4c4ccccc34)cc2)cc1. The lowest BCUT2D eigenvalue weighted by Crippen LogP contribution is -2.10. The maximum atomic E-state index is 2.42. The Hall–Kier alpha value is -7.42. The summed E-state index contributed by atoms with van der Waals surface area (Å²) in [6, 6.07) is 77.2. The molecule has 0 radical (unpaired) electrons. The van der Waals surface area contributed by atoms with Crippen LogP contribution in [0.15, 0.2) is 219 Å². The van der Waals surface area contributed by atoms with Crippen LogP contribution in [0.5, 0.6) is 0 Å². The second-order valence-electron chi connectivity index (χ2n) is 14.6. The Balaban J connectivity index is 1.10. The second kappa shape index (κ2) is 13.2. The molecular weight excluding hydrogens is 677 g/mol. The molecule has 0 aliphatic heterocycles. The summed E-state index contributed by atoms with van der Waals surface area (Å²) in [5.41, 5.74) is 13.1. The monoisotopic (exact) mass is 712 g/mol. The van der Waals surface area contributed by atoms with E-state index < -0.39 is 0 Å². The molecule has 56 heavy (non-hydrogen) atoms. The molecule has 2 heterocycles. The van der Waals surface area contributed by atoms with E-state index in [1.165, 1.54) is 82.1 Å². The Kier molecular flexibility index (Phi) is 7.53. The summed E-state index contributed by atoms with van der Waals surface area (Å²) in [4.78, 5) is 2.42. The molecule has 2 heteroatoms. The van der Waals surface area contributed by atoms with Crippen molar-refractivity contribution >= 4 is 65.8 Å². The summed E-state index contributed by atoms with van der Waals surface area (Å²) in [6.45, 7) is 0. The number of rotatable bonds is 6. The lowest BCUT2D eigenvalue weighted by Gasteiger charge is -2.28. The molecule has 2 nitrogen and oxygen atoms in total. The van der Waals surface area contributed by atoms with E-state index in [-0.39, 0.29) is 0 Å². The van der Waals surface area contributed by atoms with Gasteiger partial charge in [0.15, 0.2) is 0 Å². The lowest BCUT2D eigenvalue weighted by atomic mass is 9.97. The molecule has 2 aromatic heterocycles. The molecule has 9 aromatic carbocycles. The van der Waals surface area contributed by atoms with Gasteiger partial charge < -0.3 is 9.30 Å². The van der Waals surface area contributed by atoms with Crippen molar-refractivity contribution in [1.82, 2.24) is 4.40 Å². The summed E-state index contributed by atoms with van der Waals surface area (Å²) in [5, 5.41) is 8.65. The quantitative estimate of drug-likeness (QED) is 0.156. The van der Waals surface area contributed by atoms with E-state index in [0.29, 0.717) is 0 Å². The number of para-hydroxylation sites is 1. The van der Waals surface area contributed by atoms with Gasteiger partial charge in [0.1, 0.15) is 0 Å². The Bertz CT molecular complexity index is 3210. The van der Waals surface area contributed by atoms with E-state index in [4.69, 9.17) is 0 Å².